The van der Waals surface area contributed by atoms with E-state index in [-0.39, 0.29) is 5.91 Å². The number of hydrogen-bond acceptors (Lipinski definition) is 3. The highest BCUT2D eigenvalue weighted by Gasteiger charge is 2.30. The van der Waals surface area contributed by atoms with E-state index in [1.54, 1.807) is 24.5 Å². The fraction of sp³-hybridized carbons (Fsp3) is 0.600. The van der Waals surface area contributed by atoms with E-state index in [1.165, 1.54) is 19.5 Å². The van der Waals surface area contributed by atoms with Gasteiger partial charge in [0.1, 0.15) is 0 Å². The number of nitrogens with one attached hydrogen (secondary N) is 1. The highest BCUT2D eigenvalue weighted by molar-refractivity contribution is 5.94. The second kappa shape index (κ2) is 5.70. The van der Waals surface area contributed by atoms with Crippen LogP contribution in [0, 0.1) is 11.8 Å². The molecule has 1 atom stereocenters. The number of carbonyl (C=O) groups excluding carboxylic acids is 1. The summed E-state index contributed by atoms with van der Waals surface area (Å²) in [5.74, 6) is 1.79. The van der Waals surface area contributed by atoms with Crippen molar-refractivity contribution in [1.82, 2.24) is 15.2 Å². The molecule has 3 heterocycles. The zero-order valence-corrected chi connectivity index (χ0v) is 11.2. The molecule has 0 bridgehead atoms. The normalized spacial score (nSPS) is 24.6. The standard InChI is InChI=1S/C15H21N3O/c19-15(13-1-6-16-7-2-13)18-9-4-12(5-10-18)14-3-8-17-11-14/h1-2,6-7,12,14,17H,3-5,8-11H2. The minimum absolute atomic E-state index is 0.158. The third kappa shape index (κ3) is 2.78. The fourth-order valence-electron chi connectivity index (χ4n) is 3.33. The van der Waals surface area contributed by atoms with E-state index in [4.69, 9.17) is 0 Å². The SMILES string of the molecule is O=C(c1ccncc1)N1CCC(C2CCNC2)CC1. The van der Waals surface area contributed by atoms with Crippen molar-refractivity contribution in [2.75, 3.05) is 26.2 Å². The van der Waals surface area contributed by atoms with Gasteiger partial charge in [-0.05, 0) is 56.3 Å². The average molecular weight is 259 g/mol. The number of rotatable bonds is 2. The molecule has 0 spiro atoms. The van der Waals surface area contributed by atoms with Gasteiger partial charge in [0.2, 0.25) is 0 Å². The summed E-state index contributed by atoms with van der Waals surface area (Å²) in [5, 5.41) is 3.44. The van der Waals surface area contributed by atoms with Crippen LogP contribution < -0.4 is 5.32 Å². The lowest BCUT2D eigenvalue weighted by atomic mass is 9.83. The maximum Gasteiger partial charge on any atom is 0.253 e. The van der Waals surface area contributed by atoms with E-state index >= 15 is 0 Å². The van der Waals surface area contributed by atoms with Gasteiger partial charge in [0.25, 0.3) is 5.91 Å². The summed E-state index contributed by atoms with van der Waals surface area (Å²) >= 11 is 0. The van der Waals surface area contributed by atoms with Gasteiger partial charge >= 0.3 is 0 Å². The summed E-state index contributed by atoms with van der Waals surface area (Å²) in [6.07, 6.45) is 6.99. The van der Waals surface area contributed by atoms with Crippen LogP contribution in [0.15, 0.2) is 24.5 Å². The molecule has 102 valence electrons. The molecule has 2 aliphatic rings. The maximum atomic E-state index is 12.3. The van der Waals surface area contributed by atoms with Crippen molar-refractivity contribution in [3.8, 4) is 0 Å². The van der Waals surface area contributed by atoms with E-state index in [1.807, 2.05) is 4.90 Å². The van der Waals surface area contributed by atoms with Crippen molar-refractivity contribution in [1.29, 1.82) is 0 Å². The first-order valence-electron chi connectivity index (χ1n) is 7.24. The van der Waals surface area contributed by atoms with Crippen LogP contribution in [0.2, 0.25) is 0 Å². The first-order chi connectivity index (χ1) is 9.34. The van der Waals surface area contributed by atoms with Crippen LogP contribution in [0.3, 0.4) is 0 Å². The number of carbonyl (C=O) groups is 1. The van der Waals surface area contributed by atoms with Crippen molar-refractivity contribution < 1.29 is 4.79 Å². The number of likely N-dealkylation sites (tertiary alicyclic amines) is 1. The molecule has 19 heavy (non-hydrogen) atoms. The Kier molecular flexibility index (Phi) is 3.78. The number of nitrogens with zero attached hydrogens (tertiary/aromatic N) is 2. The number of pyridine rings is 1. The molecule has 1 aromatic rings. The molecule has 3 rings (SSSR count). The Morgan fingerprint density at radius 1 is 1.16 bits per heavy atom. The summed E-state index contributed by atoms with van der Waals surface area (Å²) in [6.45, 7) is 4.15. The molecule has 4 heteroatoms. The van der Waals surface area contributed by atoms with Gasteiger partial charge in [-0.15, -0.1) is 0 Å². The first kappa shape index (κ1) is 12.6. The summed E-state index contributed by atoms with van der Waals surface area (Å²) in [5.41, 5.74) is 0.760. The molecule has 1 unspecified atom stereocenters. The van der Waals surface area contributed by atoms with Crippen LogP contribution >= 0.6 is 0 Å². The van der Waals surface area contributed by atoms with Crippen molar-refractivity contribution in [3.05, 3.63) is 30.1 Å². The van der Waals surface area contributed by atoms with Crippen LogP contribution in [-0.4, -0.2) is 42.0 Å². The van der Waals surface area contributed by atoms with E-state index in [0.29, 0.717) is 0 Å². The van der Waals surface area contributed by atoms with Crippen LogP contribution in [-0.2, 0) is 0 Å². The highest BCUT2D eigenvalue weighted by atomic mass is 16.2. The van der Waals surface area contributed by atoms with E-state index in [9.17, 15) is 4.79 Å². The molecular weight excluding hydrogens is 238 g/mol. The summed E-state index contributed by atoms with van der Waals surface area (Å²) < 4.78 is 0. The molecule has 0 saturated carbocycles. The molecule has 0 aliphatic carbocycles. The smallest absolute Gasteiger partial charge is 0.253 e. The first-order valence-corrected chi connectivity index (χ1v) is 7.24. The van der Waals surface area contributed by atoms with E-state index in [2.05, 4.69) is 10.3 Å². The van der Waals surface area contributed by atoms with Gasteiger partial charge in [-0.2, -0.15) is 0 Å². The summed E-state index contributed by atoms with van der Waals surface area (Å²) in [7, 11) is 0. The van der Waals surface area contributed by atoms with Crippen molar-refractivity contribution in [2.45, 2.75) is 19.3 Å². The third-order valence-corrected chi connectivity index (χ3v) is 4.52. The molecule has 1 N–H and O–H groups in total. The molecule has 2 aliphatic heterocycles. The van der Waals surface area contributed by atoms with Gasteiger partial charge in [-0.3, -0.25) is 9.78 Å². The lowest BCUT2D eigenvalue weighted by Crippen LogP contribution is -2.40. The molecule has 1 aromatic heterocycles. The van der Waals surface area contributed by atoms with Gasteiger partial charge in [-0.1, -0.05) is 0 Å². The summed E-state index contributed by atoms with van der Waals surface area (Å²) in [6, 6.07) is 3.60. The Morgan fingerprint density at radius 3 is 2.53 bits per heavy atom. The Balaban J connectivity index is 1.56. The van der Waals surface area contributed by atoms with Gasteiger partial charge in [0.05, 0.1) is 0 Å². The monoisotopic (exact) mass is 259 g/mol. The molecule has 0 aromatic carbocycles. The predicted octanol–water partition coefficient (Wildman–Crippen LogP) is 1.54. The lowest BCUT2D eigenvalue weighted by Gasteiger charge is -2.34. The van der Waals surface area contributed by atoms with Crippen molar-refractivity contribution in [3.63, 3.8) is 0 Å². The molecule has 4 nitrogen and oxygen atoms in total. The van der Waals surface area contributed by atoms with Gasteiger partial charge in [0.15, 0.2) is 0 Å². The fourth-order valence-corrected chi connectivity index (χ4v) is 3.33. The maximum absolute atomic E-state index is 12.3. The predicted molar refractivity (Wildman–Crippen MR) is 73.8 cm³/mol. The number of aromatic nitrogens is 1. The van der Waals surface area contributed by atoms with Crippen molar-refractivity contribution in [2.24, 2.45) is 11.8 Å². The minimum Gasteiger partial charge on any atom is -0.339 e. The van der Waals surface area contributed by atoms with Gasteiger partial charge in [-0.25, -0.2) is 0 Å². The topological polar surface area (TPSA) is 45.2 Å². The lowest BCUT2D eigenvalue weighted by molar-refractivity contribution is 0.0663. The Morgan fingerprint density at radius 2 is 1.89 bits per heavy atom. The highest BCUT2D eigenvalue weighted by Crippen LogP contribution is 2.29. The molecule has 2 saturated heterocycles. The van der Waals surface area contributed by atoms with Crippen LogP contribution in [0.1, 0.15) is 29.6 Å². The second-order valence-electron chi connectivity index (χ2n) is 5.62. The van der Waals surface area contributed by atoms with Crippen LogP contribution in [0.5, 0.6) is 0 Å². The molecule has 2 fully saturated rings. The number of hydrogen-bond donors (Lipinski definition) is 1. The Labute approximate surface area is 114 Å². The van der Waals surface area contributed by atoms with Gasteiger partial charge < -0.3 is 10.2 Å². The Hall–Kier alpha value is -1.42. The van der Waals surface area contributed by atoms with Crippen molar-refractivity contribution >= 4 is 5.91 Å². The van der Waals surface area contributed by atoms with Crippen LogP contribution in [0.25, 0.3) is 0 Å². The minimum atomic E-state index is 0.158. The zero-order valence-electron chi connectivity index (χ0n) is 11.2. The van der Waals surface area contributed by atoms with E-state index in [0.717, 1.165) is 43.3 Å². The summed E-state index contributed by atoms with van der Waals surface area (Å²) in [4.78, 5) is 18.3. The largest absolute Gasteiger partial charge is 0.339 e. The molecule has 1 amide bonds. The average Bonchev–Trinajstić information content (AvgIpc) is 3.02. The third-order valence-electron chi connectivity index (χ3n) is 4.52. The van der Waals surface area contributed by atoms with Crippen LogP contribution in [0.4, 0.5) is 0 Å². The van der Waals surface area contributed by atoms with E-state index < -0.39 is 0 Å². The molecular formula is C15H21N3O. The molecule has 0 radical (unpaired) electrons. The Bertz CT molecular complexity index is 420. The second-order valence-corrected chi connectivity index (χ2v) is 5.62. The quantitative estimate of drug-likeness (QED) is 0.876. The zero-order chi connectivity index (χ0) is 13.1. The number of amides is 1. The van der Waals surface area contributed by atoms with Gasteiger partial charge in [0, 0.05) is 31.0 Å². The number of piperidine rings is 1.